The quantitative estimate of drug-likeness (QED) is 0.0375. The second-order valence-corrected chi connectivity index (χ2v) is 17.2. The van der Waals surface area contributed by atoms with E-state index in [1.807, 2.05) is 0 Å². The Bertz CT molecular complexity index is 1160. The number of hydrogen-bond acceptors (Lipinski definition) is 5. The summed E-state index contributed by atoms with van der Waals surface area (Å²) < 4.78 is 10.7. The number of carbonyl (C=O) groups is 2. The van der Waals surface area contributed by atoms with E-state index in [0.29, 0.717) is 12.8 Å². The number of carbonyl (C=O) groups excluding carboxylic acids is 2. The van der Waals surface area contributed by atoms with Crippen LogP contribution in [0.5, 0.6) is 0 Å². The minimum absolute atomic E-state index is 0.0755. The average Bonchev–Trinajstić information content (AvgIpc) is 3.28. The molecule has 62 heavy (non-hydrogen) atoms. The number of aliphatic hydroxyl groups excluding tert-OH is 1. The van der Waals surface area contributed by atoms with E-state index < -0.39 is 6.10 Å². The van der Waals surface area contributed by atoms with Gasteiger partial charge in [0.2, 0.25) is 0 Å². The summed E-state index contributed by atoms with van der Waals surface area (Å²) in [7, 11) is 0. The molecule has 1 unspecified atom stereocenters. The van der Waals surface area contributed by atoms with Crippen LogP contribution in [0.3, 0.4) is 0 Å². The molecule has 0 amide bonds. The molecular formula is C57H98O5. The summed E-state index contributed by atoms with van der Waals surface area (Å²) in [6.45, 7) is 4.03. The van der Waals surface area contributed by atoms with Crippen LogP contribution < -0.4 is 0 Å². The first-order valence-corrected chi connectivity index (χ1v) is 26.1. The van der Waals surface area contributed by atoms with Crippen molar-refractivity contribution >= 4 is 11.9 Å². The van der Waals surface area contributed by atoms with E-state index in [4.69, 9.17) is 9.47 Å². The third kappa shape index (κ3) is 49.7. The van der Waals surface area contributed by atoms with Crippen LogP contribution in [0.15, 0.2) is 85.1 Å². The second-order valence-electron chi connectivity index (χ2n) is 17.2. The molecule has 0 saturated carbocycles. The first-order chi connectivity index (χ1) is 30.6. The molecule has 0 aromatic heterocycles. The molecule has 1 atom stereocenters. The summed E-state index contributed by atoms with van der Waals surface area (Å²) >= 11 is 0. The van der Waals surface area contributed by atoms with Crippen molar-refractivity contribution in [2.24, 2.45) is 0 Å². The van der Waals surface area contributed by atoms with Crippen LogP contribution in [-0.4, -0.2) is 36.4 Å². The molecule has 0 aromatic carbocycles. The fourth-order valence-corrected chi connectivity index (χ4v) is 7.26. The Morgan fingerprint density at radius 1 is 0.387 bits per heavy atom. The molecule has 0 spiro atoms. The lowest BCUT2D eigenvalue weighted by Gasteiger charge is -2.15. The van der Waals surface area contributed by atoms with Crippen molar-refractivity contribution in [1.82, 2.24) is 0 Å². The lowest BCUT2D eigenvalue weighted by molar-refractivity contribution is -0.161. The van der Waals surface area contributed by atoms with Gasteiger partial charge in [0.1, 0.15) is 6.61 Å². The summed E-state index contributed by atoms with van der Waals surface area (Å²) in [6, 6.07) is 0. The number of allylic oxidation sites excluding steroid dienone is 14. The smallest absolute Gasteiger partial charge is 0.306 e. The SMILES string of the molecule is CC/C=C\C/C=C\C/C=C\C/C=C\C/C=C\C/C=C\CCCCCCCCC(=O)OC(CO)COC(=O)CCCCCCCCCCCCC/C=C\CCCCCCCCCC. The number of aliphatic hydroxyl groups is 1. The molecule has 0 aliphatic carbocycles. The highest BCUT2D eigenvalue weighted by atomic mass is 16.6. The molecular weight excluding hydrogens is 765 g/mol. The Morgan fingerprint density at radius 2 is 0.694 bits per heavy atom. The van der Waals surface area contributed by atoms with E-state index in [1.54, 1.807) is 0 Å². The summed E-state index contributed by atoms with van der Waals surface area (Å²) in [6.07, 6.45) is 72.5. The van der Waals surface area contributed by atoms with Crippen molar-refractivity contribution in [3.8, 4) is 0 Å². The highest BCUT2D eigenvalue weighted by Gasteiger charge is 2.16. The highest BCUT2D eigenvalue weighted by Crippen LogP contribution is 2.15. The largest absolute Gasteiger partial charge is 0.462 e. The third-order valence-electron chi connectivity index (χ3n) is 11.2. The Kier molecular flexibility index (Phi) is 50.0. The first-order valence-electron chi connectivity index (χ1n) is 26.1. The molecule has 0 aromatic rings. The molecule has 356 valence electrons. The summed E-state index contributed by atoms with van der Waals surface area (Å²) in [4.78, 5) is 24.5. The fraction of sp³-hybridized carbons (Fsp3) is 0.719. The Balaban J connectivity index is 3.56. The Labute approximate surface area is 384 Å². The van der Waals surface area contributed by atoms with E-state index in [9.17, 15) is 14.7 Å². The zero-order valence-electron chi connectivity index (χ0n) is 40.6. The fourth-order valence-electron chi connectivity index (χ4n) is 7.26. The topological polar surface area (TPSA) is 72.8 Å². The van der Waals surface area contributed by atoms with Gasteiger partial charge in [0.15, 0.2) is 6.10 Å². The zero-order chi connectivity index (χ0) is 44.9. The van der Waals surface area contributed by atoms with Crippen LogP contribution in [0.2, 0.25) is 0 Å². The summed E-state index contributed by atoms with van der Waals surface area (Å²) in [5, 5.41) is 9.63. The predicted octanol–water partition coefficient (Wildman–Crippen LogP) is 17.4. The molecule has 0 rings (SSSR count). The van der Waals surface area contributed by atoms with Gasteiger partial charge in [-0.2, -0.15) is 0 Å². The maximum atomic E-state index is 12.3. The summed E-state index contributed by atoms with van der Waals surface area (Å²) in [5.74, 6) is -0.607. The standard InChI is InChI=1S/C57H98O5/c1-3-5-7-9-11-13-15-17-19-21-23-25-27-28-30-32-34-36-38-40-42-44-46-48-50-52-57(60)62-55(53-58)54-61-56(59)51-49-47-45-43-41-39-37-35-33-31-29-26-24-22-20-18-16-14-12-10-8-6-4-2/h5,7,11,13,17,19,22-25,28,30,34,36,55,58H,3-4,6,8-10,12,14-16,18,20-21,26-27,29,31-33,35,37-54H2,1-2H3/b7-5-,13-11-,19-17-,24-22-,25-23-,30-28-,36-34-. The van der Waals surface area contributed by atoms with Gasteiger partial charge in [0, 0.05) is 12.8 Å². The van der Waals surface area contributed by atoms with Crippen LogP contribution in [0.25, 0.3) is 0 Å². The third-order valence-corrected chi connectivity index (χ3v) is 11.2. The van der Waals surface area contributed by atoms with Gasteiger partial charge < -0.3 is 14.6 Å². The van der Waals surface area contributed by atoms with Gasteiger partial charge in [-0.1, -0.05) is 227 Å². The number of unbranched alkanes of at least 4 members (excludes halogenated alkanes) is 25. The van der Waals surface area contributed by atoms with Crippen LogP contribution in [0.1, 0.15) is 245 Å². The summed E-state index contributed by atoms with van der Waals surface area (Å²) in [5.41, 5.74) is 0. The van der Waals surface area contributed by atoms with E-state index in [0.717, 1.165) is 83.5 Å². The number of hydrogen-bond donors (Lipinski definition) is 1. The number of rotatable bonds is 47. The van der Waals surface area contributed by atoms with E-state index in [-0.39, 0.29) is 25.2 Å². The van der Waals surface area contributed by atoms with Crippen molar-refractivity contribution in [1.29, 1.82) is 0 Å². The van der Waals surface area contributed by atoms with Crippen LogP contribution in [-0.2, 0) is 19.1 Å². The second kappa shape index (κ2) is 52.4. The molecule has 0 saturated heterocycles. The lowest BCUT2D eigenvalue weighted by atomic mass is 10.0. The maximum Gasteiger partial charge on any atom is 0.306 e. The predicted molar refractivity (Wildman–Crippen MR) is 269 cm³/mol. The monoisotopic (exact) mass is 863 g/mol. The van der Waals surface area contributed by atoms with Crippen LogP contribution in [0.4, 0.5) is 0 Å². The minimum atomic E-state index is -0.785. The molecule has 5 nitrogen and oxygen atoms in total. The molecule has 0 aliphatic rings. The number of ether oxygens (including phenoxy) is 2. The van der Waals surface area contributed by atoms with Gasteiger partial charge in [0.05, 0.1) is 6.61 Å². The van der Waals surface area contributed by atoms with E-state index >= 15 is 0 Å². The molecule has 0 aliphatic heterocycles. The minimum Gasteiger partial charge on any atom is -0.462 e. The van der Waals surface area contributed by atoms with Crippen LogP contribution in [0, 0.1) is 0 Å². The molecule has 1 N–H and O–H groups in total. The molecule has 0 heterocycles. The van der Waals surface area contributed by atoms with Crippen molar-refractivity contribution in [3.05, 3.63) is 85.1 Å². The van der Waals surface area contributed by atoms with Crippen molar-refractivity contribution < 1.29 is 24.2 Å². The van der Waals surface area contributed by atoms with Gasteiger partial charge in [-0.25, -0.2) is 0 Å². The van der Waals surface area contributed by atoms with Crippen LogP contribution >= 0.6 is 0 Å². The lowest BCUT2D eigenvalue weighted by Crippen LogP contribution is -2.28. The van der Waals surface area contributed by atoms with Crippen molar-refractivity contribution in [2.45, 2.75) is 251 Å². The molecule has 5 heteroatoms. The van der Waals surface area contributed by atoms with Crippen molar-refractivity contribution in [2.75, 3.05) is 13.2 Å². The van der Waals surface area contributed by atoms with Crippen molar-refractivity contribution in [3.63, 3.8) is 0 Å². The zero-order valence-corrected chi connectivity index (χ0v) is 40.6. The Hall–Kier alpha value is -2.92. The number of esters is 2. The van der Waals surface area contributed by atoms with Gasteiger partial charge in [-0.05, 0) is 89.9 Å². The van der Waals surface area contributed by atoms with E-state index in [2.05, 4.69) is 98.9 Å². The maximum absolute atomic E-state index is 12.3. The van der Waals surface area contributed by atoms with Gasteiger partial charge in [0.25, 0.3) is 0 Å². The van der Waals surface area contributed by atoms with Gasteiger partial charge >= 0.3 is 11.9 Å². The first kappa shape index (κ1) is 59.1. The van der Waals surface area contributed by atoms with E-state index in [1.165, 1.54) is 135 Å². The Morgan fingerprint density at radius 3 is 1.06 bits per heavy atom. The highest BCUT2D eigenvalue weighted by molar-refractivity contribution is 5.70. The normalized spacial score (nSPS) is 12.9. The molecule has 0 fully saturated rings. The molecule has 0 radical (unpaired) electrons. The van der Waals surface area contributed by atoms with Gasteiger partial charge in [-0.15, -0.1) is 0 Å². The molecule has 0 bridgehead atoms. The van der Waals surface area contributed by atoms with Gasteiger partial charge in [-0.3, -0.25) is 9.59 Å². The average molecular weight is 863 g/mol.